The number of fused-ring (bicyclic) bond motifs is 10. The molecule has 238 valence electrons. The lowest BCUT2D eigenvalue weighted by Crippen LogP contribution is -2.04. The Morgan fingerprint density at radius 3 is 2.10 bits per heavy atom. The normalized spacial score (nSPS) is 11.9. The van der Waals surface area contributed by atoms with Crippen LogP contribution in [0.1, 0.15) is 0 Å². The third kappa shape index (κ3) is 4.32. The molecular formula is C46H27N3OS. The maximum Gasteiger partial charge on any atom is 0.235 e. The number of rotatable bonds is 4. The summed E-state index contributed by atoms with van der Waals surface area (Å²) in [5.74, 6) is 0.618. The van der Waals surface area contributed by atoms with E-state index in [1.165, 1.54) is 30.9 Å². The zero-order valence-electron chi connectivity index (χ0n) is 27.2. The minimum Gasteiger partial charge on any atom is -0.455 e. The van der Waals surface area contributed by atoms with E-state index in [2.05, 4.69) is 150 Å². The van der Waals surface area contributed by atoms with Crippen molar-refractivity contribution in [3.05, 3.63) is 164 Å². The number of aromatic nitrogens is 3. The lowest BCUT2D eigenvalue weighted by molar-refractivity contribution is 0.670. The van der Waals surface area contributed by atoms with Crippen LogP contribution in [-0.4, -0.2) is 14.5 Å². The molecule has 11 aromatic rings. The molecule has 0 fully saturated rings. The maximum absolute atomic E-state index is 6.54. The number of thiophene rings is 1. The zero-order chi connectivity index (χ0) is 33.5. The van der Waals surface area contributed by atoms with Gasteiger partial charge in [-0.3, -0.25) is 4.57 Å². The molecule has 11 rings (SSSR count). The SMILES string of the molecule is c1ccc(-c2cccc(-c3cc(-c4cccc5c4oc4ccccc45)nc(-n4c5ccccc5c5c6sc7ccccc7c6ccc54)n3)c2)cc1. The highest BCUT2D eigenvalue weighted by Crippen LogP contribution is 2.44. The summed E-state index contributed by atoms with van der Waals surface area (Å²) >= 11 is 1.85. The molecule has 0 aliphatic rings. The fourth-order valence-electron chi connectivity index (χ4n) is 7.71. The molecule has 4 nitrogen and oxygen atoms in total. The summed E-state index contributed by atoms with van der Waals surface area (Å²) in [6.45, 7) is 0. The predicted molar refractivity (Wildman–Crippen MR) is 213 cm³/mol. The van der Waals surface area contributed by atoms with Gasteiger partial charge in [-0.1, -0.05) is 121 Å². The van der Waals surface area contributed by atoms with Gasteiger partial charge in [0.1, 0.15) is 11.2 Å². The van der Waals surface area contributed by atoms with Crippen LogP contribution in [-0.2, 0) is 0 Å². The monoisotopic (exact) mass is 669 g/mol. The Morgan fingerprint density at radius 1 is 0.471 bits per heavy atom. The summed E-state index contributed by atoms with van der Waals surface area (Å²) in [6.07, 6.45) is 0. The van der Waals surface area contributed by atoms with Crippen molar-refractivity contribution in [3.63, 3.8) is 0 Å². The summed E-state index contributed by atoms with van der Waals surface area (Å²) < 4.78 is 11.3. The van der Waals surface area contributed by atoms with Crippen molar-refractivity contribution in [1.29, 1.82) is 0 Å². The molecule has 0 aliphatic carbocycles. The zero-order valence-corrected chi connectivity index (χ0v) is 28.1. The molecule has 0 saturated heterocycles. The van der Waals surface area contributed by atoms with Gasteiger partial charge >= 0.3 is 0 Å². The first-order valence-corrected chi connectivity index (χ1v) is 17.9. The summed E-state index contributed by atoms with van der Waals surface area (Å²) in [5.41, 5.74) is 9.73. The maximum atomic E-state index is 6.54. The topological polar surface area (TPSA) is 43.9 Å². The Labute approximate surface area is 296 Å². The quantitative estimate of drug-likeness (QED) is 0.187. The van der Waals surface area contributed by atoms with E-state index in [1.807, 2.05) is 29.5 Å². The molecular weight excluding hydrogens is 643 g/mol. The van der Waals surface area contributed by atoms with E-state index in [4.69, 9.17) is 14.4 Å². The second-order valence-electron chi connectivity index (χ2n) is 13.0. The molecule has 51 heavy (non-hydrogen) atoms. The van der Waals surface area contributed by atoms with E-state index in [-0.39, 0.29) is 0 Å². The average Bonchev–Trinajstić information content (AvgIpc) is 3.88. The Bertz CT molecular complexity index is 3150. The molecule has 0 spiro atoms. The van der Waals surface area contributed by atoms with Crippen LogP contribution in [0.15, 0.2) is 168 Å². The second-order valence-corrected chi connectivity index (χ2v) is 14.0. The van der Waals surface area contributed by atoms with Gasteiger partial charge in [-0.25, -0.2) is 9.97 Å². The largest absolute Gasteiger partial charge is 0.455 e. The summed E-state index contributed by atoms with van der Waals surface area (Å²) in [5, 5.41) is 7.13. The first-order valence-electron chi connectivity index (χ1n) is 17.1. The van der Waals surface area contributed by atoms with Gasteiger partial charge < -0.3 is 4.42 Å². The number of para-hydroxylation sites is 3. The van der Waals surface area contributed by atoms with Gasteiger partial charge in [0.2, 0.25) is 5.95 Å². The van der Waals surface area contributed by atoms with Gasteiger partial charge in [-0.15, -0.1) is 11.3 Å². The van der Waals surface area contributed by atoms with Gasteiger partial charge in [0.15, 0.2) is 0 Å². The van der Waals surface area contributed by atoms with Crippen LogP contribution in [0.4, 0.5) is 0 Å². The van der Waals surface area contributed by atoms with E-state index in [0.717, 1.165) is 66.6 Å². The van der Waals surface area contributed by atoms with Crippen LogP contribution in [0.2, 0.25) is 0 Å². The predicted octanol–water partition coefficient (Wildman–Crippen LogP) is 12.8. The van der Waals surface area contributed by atoms with Crippen molar-refractivity contribution in [2.45, 2.75) is 0 Å². The van der Waals surface area contributed by atoms with Gasteiger partial charge in [0.25, 0.3) is 0 Å². The number of hydrogen-bond donors (Lipinski definition) is 0. The number of furan rings is 1. The molecule has 4 heterocycles. The molecule has 0 saturated carbocycles. The van der Waals surface area contributed by atoms with E-state index in [1.54, 1.807) is 0 Å². The van der Waals surface area contributed by atoms with Crippen LogP contribution in [0.25, 0.3) is 104 Å². The molecule has 0 N–H and O–H groups in total. The Kier molecular flexibility index (Phi) is 6.09. The molecule has 0 atom stereocenters. The minimum atomic E-state index is 0.618. The van der Waals surface area contributed by atoms with Crippen molar-refractivity contribution in [2.75, 3.05) is 0 Å². The van der Waals surface area contributed by atoms with Crippen molar-refractivity contribution < 1.29 is 4.42 Å². The molecule has 4 aromatic heterocycles. The smallest absolute Gasteiger partial charge is 0.235 e. The molecule has 5 heteroatoms. The highest BCUT2D eigenvalue weighted by molar-refractivity contribution is 7.26. The highest BCUT2D eigenvalue weighted by Gasteiger charge is 2.21. The van der Waals surface area contributed by atoms with Crippen LogP contribution in [0.3, 0.4) is 0 Å². The Hall–Kier alpha value is -6.56. The highest BCUT2D eigenvalue weighted by atomic mass is 32.1. The van der Waals surface area contributed by atoms with E-state index in [0.29, 0.717) is 5.95 Å². The summed E-state index contributed by atoms with van der Waals surface area (Å²) in [6, 6.07) is 57.6. The molecule has 0 unspecified atom stereocenters. The van der Waals surface area contributed by atoms with Crippen LogP contribution in [0.5, 0.6) is 0 Å². The Balaban J connectivity index is 1.22. The van der Waals surface area contributed by atoms with Gasteiger partial charge in [-0.2, -0.15) is 0 Å². The first-order chi connectivity index (χ1) is 25.3. The lowest BCUT2D eigenvalue weighted by Gasteiger charge is -2.13. The van der Waals surface area contributed by atoms with Crippen LogP contribution in [0, 0.1) is 0 Å². The summed E-state index contributed by atoms with van der Waals surface area (Å²) in [4.78, 5) is 10.8. The van der Waals surface area contributed by atoms with Crippen molar-refractivity contribution in [3.8, 4) is 39.6 Å². The number of benzene rings is 7. The minimum absolute atomic E-state index is 0.618. The molecule has 0 aliphatic heterocycles. The van der Waals surface area contributed by atoms with Crippen molar-refractivity contribution >= 4 is 75.3 Å². The van der Waals surface area contributed by atoms with Gasteiger partial charge in [0, 0.05) is 52.8 Å². The van der Waals surface area contributed by atoms with Gasteiger partial charge in [0.05, 0.1) is 22.4 Å². The molecule has 7 aromatic carbocycles. The fourth-order valence-corrected chi connectivity index (χ4v) is 8.97. The van der Waals surface area contributed by atoms with E-state index >= 15 is 0 Å². The van der Waals surface area contributed by atoms with Gasteiger partial charge in [-0.05, 0) is 53.6 Å². The third-order valence-corrected chi connectivity index (χ3v) is 11.2. The van der Waals surface area contributed by atoms with Crippen LogP contribution >= 0.6 is 11.3 Å². The van der Waals surface area contributed by atoms with Crippen molar-refractivity contribution in [2.24, 2.45) is 0 Å². The third-order valence-electron chi connectivity index (χ3n) is 10.0. The number of nitrogens with zero attached hydrogens (tertiary/aromatic N) is 3. The number of hydrogen-bond acceptors (Lipinski definition) is 4. The van der Waals surface area contributed by atoms with Crippen molar-refractivity contribution in [1.82, 2.24) is 14.5 Å². The lowest BCUT2D eigenvalue weighted by atomic mass is 10.0. The standard InChI is InChI=1S/C46H27N3OS/c1-2-12-28(13-3-1)29-14-10-15-30(26-29)37-27-38(35-20-11-19-33-31-16-5-8-22-41(31)50-44(33)35)48-46(47-37)49-39-21-7-4-18-36(39)43-40(49)25-24-34-32-17-6-9-23-42(32)51-45(34)43/h1-27H. The molecule has 0 amide bonds. The van der Waals surface area contributed by atoms with E-state index < -0.39 is 0 Å². The fraction of sp³-hybridized carbons (Fsp3) is 0. The molecule has 0 bridgehead atoms. The van der Waals surface area contributed by atoms with Crippen LogP contribution < -0.4 is 0 Å². The first kappa shape index (κ1) is 28.3. The molecule has 0 radical (unpaired) electrons. The van der Waals surface area contributed by atoms with E-state index in [9.17, 15) is 0 Å². The summed E-state index contributed by atoms with van der Waals surface area (Å²) in [7, 11) is 0. The second kappa shape index (κ2) is 11.0. The average molecular weight is 670 g/mol. The Morgan fingerprint density at radius 2 is 1.18 bits per heavy atom.